The number of hydrogen-bond acceptors (Lipinski definition) is 4. The van der Waals surface area contributed by atoms with Gasteiger partial charge in [0.1, 0.15) is 0 Å². The summed E-state index contributed by atoms with van der Waals surface area (Å²) in [5, 5.41) is 15.2. The molecule has 2 aliphatic rings. The third-order valence-corrected chi connectivity index (χ3v) is 10.4. The van der Waals surface area contributed by atoms with Crippen LogP contribution in [0, 0.1) is 5.92 Å². The first-order valence-electron chi connectivity index (χ1n) is 16.8. The van der Waals surface area contributed by atoms with E-state index in [4.69, 9.17) is 11.6 Å². The lowest BCUT2D eigenvalue weighted by Crippen LogP contribution is -2.46. The maximum atomic E-state index is 12.8. The van der Waals surface area contributed by atoms with Gasteiger partial charge in [0.25, 0.3) is 0 Å². The molecule has 45 heavy (non-hydrogen) atoms. The number of likely N-dealkylation sites (tertiary alicyclic amines) is 2. The Labute approximate surface area is 275 Å². The van der Waals surface area contributed by atoms with Crippen molar-refractivity contribution in [2.24, 2.45) is 5.92 Å². The van der Waals surface area contributed by atoms with Gasteiger partial charge in [-0.1, -0.05) is 84.4 Å². The van der Waals surface area contributed by atoms with Crippen molar-refractivity contribution in [3.05, 3.63) is 107 Å². The van der Waals surface area contributed by atoms with Crippen LogP contribution in [-0.4, -0.2) is 85.7 Å². The van der Waals surface area contributed by atoms with E-state index in [1.807, 2.05) is 43.3 Å². The van der Waals surface area contributed by atoms with E-state index in [1.165, 1.54) is 11.1 Å². The molecule has 0 radical (unpaired) electrons. The fraction of sp³-hybridized carbons (Fsp3) is 0.500. The van der Waals surface area contributed by atoms with Gasteiger partial charge < -0.3 is 25.1 Å². The quantitative estimate of drug-likeness (QED) is 0.232. The van der Waals surface area contributed by atoms with Crippen molar-refractivity contribution in [1.82, 2.24) is 20.0 Å². The van der Waals surface area contributed by atoms with Crippen molar-refractivity contribution >= 4 is 17.6 Å². The van der Waals surface area contributed by atoms with Gasteiger partial charge >= 0.3 is 6.03 Å². The van der Waals surface area contributed by atoms with Gasteiger partial charge in [0.05, 0.1) is 5.60 Å². The van der Waals surface area contributed by atoms with E-state index < -0.39 is 5.60 Å². The molecule has 2 amide bonds. The molecule has 3 aromatic rings. The number of aliphatic hydroxyl groups is 1. The van der Waals surface area contributed by atoms with Crippen LogP contribution in [0.4, 0.5) is 4.79 Å². The van der Waals surface area contributed by atoms with E-state index in [-0.39, 0.29) is 11.4 Å². The average Bonchev–Trinajstić information content (AvgIpc) is 3.06. The lowest BCUT2D eigenvalue weighted by molar-refractivity contribution is -0.0263. The highest BCUT2D eigenvalue weighted by molar-refractivity contribution is 6.30. The predicted octanol–water partition coefficient (Wildman–Crippen LogP) is 6.76. The molecule has 2 fully saturated rings. The molecule has 0 aliphatic carbocycles. The van der Waals surface area contributed by atoms with Crippen LogP contribution in [0.25, 0.3) is 0 Å². The van der Waals surface area contributed by atoms with Gasteiger partial charge in [-0.25, -0.2) is 4.79 Å². The molecule has 0 spiro atoms. The van der Waals surface area contributed by atoms with Crippen molar-refractivity contribution in [3.8, 4) is 0 Å². The van der Waals surface area contributed by atoms with Crippen LogP contribution >= 0.6 is 11.6 Å². The standard InChI is InChI=1S/C38H51ClN4O2/c1-41(2)29-23-40-36(44)43-25-18-31(19-26-43)30-37(32-10-5-3-6-11-32,33-12-7-4-8-13-33)20-9-24-42-27-21-38(45,22-28-42)34-14-16-35(39)17-15-34/h3-8,10-17,31,45H,9,18-30H2,1-2H3,(H,40,44). The van der Waals surface area contributed by atoms with Crippen LogP contribution < -0.4 is 5.32 Å². The number of urea groups is 1. The van der Waals surface area contributed by atoms with Crippen LogP contribution in [0.3, 0.4) is 0 Å². The molecular weight excluding hydrogens is 580 g/mol. The lowest BCUT2D eigenvalue weighted by atomic mass is 9.65. The normalized spacial score (nSPS) is 17.8. The maximum Gasteiger partial charge on any atom is 0.317 e. The zero-order valence-corrected chi connectivity index (χ0v) is 27.9. The Morgan fingerprint density at radius 3 is 2.04 bits per heavy atom. The van der Waals surface area contributed by atoms with Crippen molar-refractivity contribution in [3.63, 3.8) is 0 Å². The Bertz CT molecular complexity index is 1280. The fourth-order valence-electron chi connectivity index (χ4n) is 7.44. The number of amides is 2. The molecule has 2 N–H and O–H groups in total. The van der Waals surface area contributed by atoms with Crippen molar-refractivity contribution < 1.29 is 9.90 Å². The van der Waals surface area contributed by atoms with Crippen molar-refractivity contribution in [2.75, 3.05) is 59.9 Å². The Kier molecular flexibility index (Phi) is 11.6. The van der Waals surface area contributed by atoms with E-state index in [0.29, 0.717) is 17.5 Å². The van der Waals surface area contributed by atoms with E-state index in [1.54, 1.807) is 0 Å². The second kappa shape index (κ2) is 15.6. The molecule has 0 saturated carbocycles. The maximum absolute atomic E-state index is 12.8. The first-order valence-corrected chi connectivity index (χ1v) is 17.1. The van der Waals surface area contributed by atoms with Crippen LogP contribution in [0.5, 0.6) is 0 Å². The number of hydrogen-bond donors (Lipinski definition) is 2. The number of piperidine rings is 2. The zero-order valence-electron chi connectivity index (χ0n) is 27.1. The van der Waals surface area contributed by atoms with Crippen LogP contribution in [-0.2, 0) is 11.0 Å². The van der Waals surface area contributed by atoms with Crippen molar-refractivity contribution in [1.29, 1.82) is 0 Å². The average molecular weight is 631 g/mol. The molecule has 2 saturated heterocycles. The summed E-state index contributed by atoms with van der Waals surface area (Å²) in [6.45, 7) is 5.93. The molecule has 0 atom stereocenters. The SMILES string of the molecule is CN(C)CCNC(=O)N1CCC(CC(CCCN2CCC(O)(c3ccc(Cl)cc3)CC2)(c2ccccc2)c2ccccc2)CC1. The van der Waals surface area contributed by atoms with Gasteiger partial charge in [-0.2, -0.15) is 0 Å². The summed E-state index contributed by atoms with van der Waals surface area (Å²) in [6.07, 6.45) is 6.74. The number of carbonyl (C=O) groups is 1. The third-order valence-electron chi connectivity index (χ3n) is 10.2. The van der Waals surface area contributed by atoms with Gasteiger partial charge in [0.15, 0.2) is 0 Å². The molecule has 5 rings (SSSR count). The number of likely N-dealkylation sites (N-methyl/N-ethyl adjacent to an activating group) is 1. The van der Waals surface area contributed by atoms with E-state index in [9.17, 15) is 9.90 Å². The van der Waals surface area contributed by atoms with Crippen molar-refractivity contribution in [2.45, 2.75) is 56.0 Å². The van der Waals surface area contributed by atoms with Gasteiger partial charge in [-0.15, -0.1) is 0 Å². The minimum absolute atomic E-state index is 0.0668. The van der Waals surface area contributed by atoms with Gasteiger partial charge in [-0.3, -0.25) is 0 Å². The summed E-state index contributed by atoms with van der Waals surface area (Å²) < 4.78 is 0. The largest absolute Gasteiger partial charge is 0.385 e. The van der Waals surface area contributed by atoms with E-state index >= 15 is 0 Å². The minimum Gasteiger partial charge on any atom is -0.385 e. The molecule has 0 aromatic heterocycles. The molecule has 7 heteroatoms. The van der Waals surface area contributed by atoms with Gasteiger partial charge in [0.2, 0.25) is 0 Å². The molecule has 0 unspecified atom stereocenters. The highest BCUT2D eigenvalue weighted by Crippen LogP contribution is 2.44. The molecule has 0 bridgehead atoms. The Morgan fingerprint density at radius 1 is 0.911 bits per heavy atom. The topological polar surface area (TPSA) is 59.1 Å². The summed E-state index contributed by atoms with van der Waals surface area (Å²) in [6, 6.07) is 29.9. The van der Waals surface area contributed by atoms with Crippen LogP contribution in [0.2, 0.25) is 5.02 Å². The molecule has 2 aliphatic heterocycles. The Hall–Kier alpha value is -2.90. The minimum atomic E-state index is -0.781. The highest BCUT2D eigenvalue weighted by Gasteiger charge is 2.38. The molecule has 3 aromatic carbocycles. The van der Waals surface area contributed by atoms with Gasteiger partial charge in [-0.05, 0) is 100 Å². The fourth-order valence-corrected chi connectivity index (χ4v) is 7.56. The predicted molar refractivity (Wildman–Crippen MR) is 185 cm³/mol. The van der Waals surface area contributed by atoms with Crippen LogP contribution in [0.1, 0.15) is 61.6 Å². The zero-order chi connectivity index (χ0) is 31.7. The number of nitrogens with zero attached hydrogens (tertiary/aromatic N) is 3. The lowest BCUT2D eigenvalue weighted by Gasteiger charge is -2.42. The second-order valence-electron chi connectivity index (χ2n) is 13.5. The summed E-state index contributed by atoms with van der Waals surface area (Å²) in [5.41, 5.74) is 2.86. The summed E-state index contributed by atoms with van der Waals surface area (Å²) in [4.78, 5) is 19.4. The Morgan fingerprint density at radius 2 is 1.49 bits per heavy atom. The summed E-state index contributed by atoms with van der Waals surface area (Å²) in [7, 11) is 4.05. The number of nitrogens with one attached hydrogen (secondary N) is 1. The Balaban J connectivity index is 1.25. The first kappa shape index (κ1) is 33.5. The molecule has 242 valence electrons. The van der Waals surface area contributed by atoms with E-state index in [2.05, 4.69) is 75.8 Å². The van der Waals surface area contributed by atoms with E-state index in [0.717, 1.165) is 89.8 Å². The summed E-state index contributed by atoms with van der Waals surface area (Å²) in [5.74, 6) is 0.542. The number of benzene rings is 3. The highest BCUT2D eigenvalue weighted by atomic mass is 35.5. The second-order valence-corrected chi connectivity index (χ2v) is 13.9. The number of halogens is 1. The van der Waals surface area contributed by atoms with Crippen LogP contribution in [0.15, 0.2) is 84.9 Å². The molecule has 6 nitrogen and oxygen atoms in total. The molecule has 2 heterocycles. The molecular formula is C38H51ClN4O2. The first-order chi connectivity index (χ1) is 21.8. The summed E-state index contributed by atoms with van der Waals surface area (Å²) >= 11 is 6.10. The van der Waals surface area contributed by atoms with Gasteiger partial charge in [0, 0.05) is 49.7 Å². The monoisotopic (exact) mass is 630 g/mol. The number of rotatable bonds is 12. The smallest absolute Gasteiger partial charge is 0.317 e. The third kappa shape index (κ3) is 8.68. The number of carbonyl (C=O) groups excluding carboxylic acids is 1.